The topological polar surface area (TPSA) is 74.5 Å². The summed E-state index contributed by atoms with van der Waals surface area (Å²) in [5.41, 5.74) is 4.30. The zero-order chi connectivity index (χ0) is 22.8. The maximum Gasteiger partial charge on any atom is 0.163 e. The monoisotopic (exact) mass is 451 g/mol. The molecule has 0 amide bonds. The standard InChI is InChI=1S/C26H15ClFN5/c27-22-13-19(8-9-23(22)28)31-26-21-12-16(20-6-2-1-4-17(20)14-29)7-10-24(21)32-25(33-26)18-5-3-11-30-15-18/h1-13,15H,(H,31,32,33). The summed E-state index contributed by atoms with van der Waals surface area (Å²) in [7, 11) is 0. The maximum absolute atomic E-state index is 13.7. The molecule has 0 saturated carbocycles. The Morgan fingerprint density at radius 2 is 1.79 bits per heavy atom. The lowest BCUT2D eigenvalue weighted by atomic mass is 9.99. The molecule has 0 bridgehead atoms. The van der Waals surface area contributed by atoms with E-state index in [2.05, 4.69) is 16.4 Å². The van der Waals surface area contributed by atoms with Gasteiger partial charge in [-0.1, -0.05) is 35.9 Å². The second-order valence-electron chi connectivity index (χ2n) is 7.28. The molecule has 3 aromatic carbocycles. The van der Waals surface area contributed by atoms with E-state index in [1.165, 1.54) is 12.1 Å². The number of anilines is 2. The van der Waals surface area contributed by atoms with Gasteiger partial charge in [-0.05, 0) is 59.7 Å². The first-order valence-electron chi connectivity index (χ1n) is 10.1. The number of nitriles is 1. The van der Waals surface area contributed by atoms with E-state index >= 15 is 0 Å². The predicted octanol–water partition coefficient (Wildman–Crippen LogP) is 6.77. The average Bonchev–Trinajstić information content (AvgIpc) is 2.86. The number of nitrogens with zero attached hydrogens (tertiary/aromatic N) is 4. The van der Waals surface area contributed by atoms with Crippen LogP contribution in [0.1, 0.15) is 5.56 Å². The molecule has 1 N–H and O–H groups in total. The molecule has 0 fully saturated rings. The molecular formula is C26H15ClFN5. The number of hydrogen-bond acceptors (Lipinski definition) is 5. The third-order valence-corrected chi connectivity index (χ3v) is 5.45. The summed E-state index contributed by atoms with van der Waals surface area (Å²) in [6.45, 7) is 0. The molecule has 0 saturated heterocycles. The van der Waals surface area contributed by atoms with Gasteiger partial charge in [0.15, 0.2) is 5.82 Å². The molecule has 0 unspecified atom stereocenters. The van der Waals surface area contributed by atoms with Crippen molar-refractivity contribution in [2.75, 3.05) is 5.32 Å². The van der Waals surface area contributed by atoms with Crippen LogP contribution in [0, 0.1) is 17.1 Å². The lowest BCUT2D eigenvalue weighted by Gasteiger charge is -2.13. The quantitative estimate of drug-likeness (QED) is 0.326. The number of hydrogen-bond donors (Lipinski definition) is 1. The first-order chi connectivity index (χ1) is 16.1. The maximum atomic E-state index is 13.7. The molecule has 2 aromatic heterocycles. The average molecular weight is 452 g/mol. The Hall–Kier alpha value is -4.34. The van der Waals surface area contributed by atoms with Gasteiger partial charge >= 0.3 is 0 Å². The molecule has 33 heavy (non-hydrogen) atoms. The Kier molecular flexibility index (Phi) is 5.39. The van der Waals surface area contributed by atoms with Crippen LogP contribution in [0.4, 0.5) is 15.9 Å². The van der Waals surface area contributed by atoms with E-state index in [4.69, 9.17) is 21.6 Å². The number of rotatable bonds is 4. The summed E-state index contributed by atoms with van der Waals surface area (Å²) in [6.07, 6.45) is 3.38. The van der Waals surface area contributed by atoms with Gasteiger partial charge < -0.3 is 5.32 Å². The predicted molar refractivity (Wildman–Crippen MR) is 128 cm³/mol. The minimum Gasteiger partial charge on any atom is -0.340 e. The highest BCUT2D eigenvalue weighted by Gasteiger charge is 2.13. The van der Waals surface area contributed by atoms with E-state index < -0.39 is 5.82 Å². The van der Waals surface area contributed by atoms with Crippen molar-refractivity contribution < 1.29 is 4.39 Å². The van der Waals surface area contributed by atoms with Gasteiger partial charge in [-0.25, -0.2) is 14.4 Å². The summed E-state index contributed by atoms with van der Waals surface area (Å²) in [6, 6.07) is 23.5. The fourth-order valence-corrected chi connectivity index (χ4v) is 3.74. The van der Waals surface area contributed by atoms with Gasteiger partial charge in [-0.15, -0.1) is 0 Å². The van der Waals surface area contributed by atoms with Crippen LogP contribution in [-0.4, -0.2) is 15.0 Å². The Labute approximate surface area is 194 Å². The first-order valence-corrected chi connectivity index (χ1v) is 10.4. The van der Waals surface area contributed by atoms with Crippen molar-refractivity contribution in [2.45, 2.75) is 0 Å². The highest BCUT2D eigenvalue weighted by atomic mass is 35.5. The summed E-state index contributed by atoms with van der Waals surface area (Å²) in [5.74, 6) is 0.524. The number of fused-ring (bicyclic) bond motifs is 1. The van der Waals surface area contributed by atoms with Crippen molar-refractivity contribution in [3.05, 3.63) is 102 Å². The van der Waals surface area contributed by atoms with Gasteiger partial charge in [-0.2, -0.15) is 5.26 Å². The number of aromatic nitrogens is 3. The summed E-state index contributed by atoms with van der Waals surface area (Å²) in [5, 5.41) is 13.5. The van der Waals surface area contributed by atoms with Crippen LogP contribution < -0.4 is 5.32 Å². The Morgan fingerprint density at radius 3 is 2.58 bits per heavy atom. The summed E-state index contributed by atoms with van der Waals surface area (Å²) < 4.78 is 13.7. The van der Waals surface area contributed by atoms with Crippen molar-refractivity contribution >= 4 is 34.0 Å². The summed E-state index contributed by atoms with van der Waals surface area (Å²) in [4.78, 5) is 13.6. The molecule has 0 aliphatic carbocycles. The van der Waals surface area contributed by atoms with Crippen LogP contribution in [0.2, 0.25) is 5.02 Å². The highest BCUT2D eigenvalue weighted by Crippen LogP contribution is 2.33. The largest absolute Gasteiger partial charge is 0.340 e. The number of benzene rings is 3. The number of pyridine rings is 1. The van der Waals surface area contributed by atoms with Crippen LogP contribution in [0.5, 0.6) is 0 Å². The van der Waals surface area contributed by atoms with Crippen LogP contribution in [-0.2, 0) is 0 Å². The zero-order valence-corrected chi connectivity index (χ0v) is 17.9. The summed E-state index contributed by atoms with van der Waals surface area (Å²) >= 11 is 5.98. The van der Waals surface area contributed by atoms with Crippen molar-refractivity contribution in [3.63, 3.8) is 0 Å². The zero-order valence-electron chi connectivity index (χ0n) is 17.1. The Balaban J connectivity index is 1.70. The van der Waals surface area contributed by atoms with Gasteiger partial charge in [-0.3, -0.25) is 4.98 Å². The normalized spacial score (nSPS) is 10.7. The van der Waals surface area contributed by atoms with Crippen molar-refractivity contribution in [1.82, 2.24) is 15.0 Å². The number of nitrogens with one attached hydrogen (secondary N) is 1. The molecule has 7 heteroatoms. The SMILES string of the molecule is N#Cc1ccccc1-c1ccc2nc(-c3cccnc3)nc(Nc3ccc(F)c(Cl)c3)c2c1. The van der Waals surface area contributed by atoms with E-state index in [1.807, 2.05) is 48.5 Å². The molecular weight excluding hydrogens is 437 g/mol. The van der Waals surface area contributed by atoms with Crippen molar-refractivity contribution in [2.24, 2.45) is 0 Å². The minimum atomic E-state index is -0.499. The Morgan fingerprint density at radius 1 is 0.909 bits per heavy atom. The van der Waals surface area contributed by atoms with Gasteiger partial charge in [0.25, 0.3) is 0 Å². The second-order valence-corrected chi connectivity index (χ2v) is 7.69. The van der Waals surface area contributed by atoms with Crippen LogP contribution in [0.15, 0.2) is 85.2 Å². The molecule has 5 rings (SSSR count). The molecule has 0 atom stereocenters. The molecule has 0 aliphatic rings. The molecule has 0 radical (unpaired) electrons. The highest BCUT2D eigenvalue weighted by molar-refractivity contribution is 6.31. The van der Waals surface area contributed by atoms with Gasteiger partial charge in [0.1, 0.15) is 11.6 Å². The molecule has 0 aliphatic heterocycles. The molecule has 2 heterocycles. The van der Waals surface area contributed by atoms with Crippen molar-refractivity contribution in [1.29, 1.82) is 5.26 Å². The fourth-order valence-electron chi connectivity index (χ4n) is 3.56. The second kappa shape index (κ2) is 8.65. The minimum absolute atomic E-state index is 0.00878. The van der Waals surface area contributed by atoms with Crippen LogP contribution in [0.3, 0.4) is 0 Å². The first kappa shape index (κ1) is 20.6. The third-order valence-electron chi connectivity index (χ3n) is 5.16. The van der Waals surface area contributed by atoms with Gasteiger partial charge in [0.05, 0.1) is 22.2 Å². The van der Waals surface area contributed by atoms with Crippen LogP contribution in [0.25, 0.3) is 33.4 Å². The van der Waals surface area contributed by atoms with E-state index in [0.29, 0.717) is 28.4 Å². The van der Waals surface area contributed by atoms with Gasteiger partial charge in [0, 0.05) is 29.0 Å². The lowest BCUT2D eigenvalue weighted by molar-refractivity contribution is 0.628. The molecule has 158 valence electrons. The van der Waals surface area contributed by atoms with E-state index in [1.54, 1.807) is 24.5 Å². The molecule has 0 spiro atoms. The Bertz CT molecular complexity index is 1530. The number of halogens is 2. The third kappa shape index (κ3) is 4.10. The van der Waals surface area contributed by atoms with Crippen molar-refractivity contribution in [3.8, 4) is 28.6 Å². The van der Waals surface area contributed by atoms with E-state index in [9.17, 15) is 9.65 Å². The van der Waals surface area contributed by atoms with Gasteiger partial charge in [0.2, 0.25) is 0 Å². The van der Waals surface area contributed by atoms with E-state index in [0.717, 1.165) is 22.1 Å². The molecule has 5 aromatic rings. The smallest absolute Gasteiger partial charge is 0.163 e. The fraction of sp³-hybridized carbons (Fsp3) is 0. The van der Waals surface area contributed by atoms with Crippen LogP contribution >= 0.6 is 11.6 Å². The molecule has 5 nitrogen and oxygen atoms in total. The van der Waals surface area contributed by atoms with E-state index in [-0.39, 0.29) is 5.02 Å². The lowest BCUT2D eigenvalue weighted by Crippen LogP contribution is -2.00.